The van der Waals surface area contributed by atoms with E-state index >= 15 is 0 Å². The van der Waals surface area contributed by atoms with Gasteiger partial charge in [-0.2, -0.15) is 0 Å². The minimum atomic E-state index is -0.382. The van der Waals surface area contributed by atoms with Crippen LogP contribution in [0, 0.1) is 11.8 Å². The van der Waals surface area contributed by atoms with E-state index in [2.05, 4.69) is 49.6 Å². The summed E-state index contributed by atoms with van der Waals surface area (Å²) in [5.41, 5.74) is 4.55. The second kappa shape index (κ2) is 12.6. The second-order valence-corrected chi connectivity index (χ2v) is 12.8. The molecule has 1 atom stereocenters. The number of hydrogen-bond acceptors (Lipinski definition) is 6. The highest BCUT2D eigenvalue weighted by molar-refractivity contribution is 5.85. The monoisotopic (exact) mass is 538 g/mol. The van der Waals surface area contributed by atoms with E-state index in [0.717, 1.165) is 89.4 Å². The fourth-order valence-corrected chi connectivity index (χ4v) is 7.07. The van der Waals surface area contributed by atoms with Crippen LogP contribution in [0.1, 0.15) is 96.6 Å². The van der Waals surface area contributed by atoms with Gasteiger partial charge in [-0.05, 0) is 87.6 Å². The average Bonchev–Trinajstić information content (AvgIpc) is 2.92. The van der Waals surface area contributed by atoms with Gasteiger partial charge in [-0.3, -0.25) is 9.69 Å². The van der Waals surface area contributed by atoms with Gasteiger partial charge in [0.2, 0.25) is 0 Å². The van der Waals surface area contributed by atoms with E-state index in [9.17, 15) is 4.79 Å². The lowest BCUT2D eigenvalue weighted by Crippen LogP contribution is -2.51. The molecule has 1 unspecified atom stereocenters. The maximum atomic E-state index is 13.2. The molecule has 0 spiro atoms. The van der Waals surface area contributed by atoms with Crippen molar-refractivity contribution in [2.24, 2.45) is 11.8 Å². The molecule has 6 nitrogen and oxygen atoms in total. The zero-order valence-corrected chi connectivity index (χ0v) is 24.9. The second-order valence-electron chi connectivity index (χ2n) is 12.8. The van der Waals surface area contributed by atoms with Crippen molar-refractivity contribution in [3.05, 3.63) is 29.0 Å². The van der Waals surface area contributed by atoms with Gasteiger partial charge < -0.3 is 19.1 Å². The summed E-state index contributed by atoms with van der Waals surface area (Å²) in [6.45, 7) is 15.6. The maximum absolute atomic E-state index is 13.2. The summed E-state index contributed by atoms with van der Waals surface area (Å²) < 4.78 is 18.4. The Balaban J connectivity index is 1.37. The summed E-state index contributed by atoms with van der Waals surface area (Å²) in [5.74, 6) is 2.68. The van der Waals surface area contributed by atoms with Gasteiger partial charge in [-0.25, -0.2) is 0 Å². The number of esters is 1. The smallest absolute Gasteiger partial charge is 0.311 e. The first-order valence-electron chi connectivity index (χ1n) is 15.7. The van der Waals surface area contributed by atoms with Crippen LogP contribution in [0.4, 0.5) is 0 Å². The predicted octanol–water partition coefficient (Wildman–Crippen LogP) is 6.46. The topological polar surface area (TPSA) is 51.2 Å². The molecule has 2 fully saturated rings. The number of carbonyl (C=O) groups excluding carboxylic acids is 1. The zero-order chi connectivity index (χ0) is 27.4. The lowest BCUT2D eigenvalue weighted by Gasteiger charge is -2.51. The Bertz CT molecular complexity index is 1030. The molecule has 5 aliphatic rings. The Hall–Kier alpha value is -2.05. The van der Waals surface area contributed by atoms with E-state index in [-0.39, 0.29) is 11.6 Å². The Labute approximate surface area is 236 Å². The van der Waals surface area contributed by atoms with Gasteiger partial charge in [-0.1, -0.05) is 39.5 Å². The van der Waals surface area contributed by atoms with E-state index in [0.29, 0.717) is 24.0 Å². The summed E-state index contributed by atoms with van der Waals surface area (Å²) >= 11 is 0. The number of carbonyl (C=O) groups is 1. The number of piperidine rings is 1. The van der Waals surface area contributed by atoms with Crippen molar-refractivity contribution in [1.82, 2.24) is 9.80 Å². The molecular weight excluding hydrogens is 488 g/mol. The third-order valence-corrected chi connectivity index (χ3v) is 9.21. The minimum Gasteiger partial charge on any atom is -0.481 e. The number of benzene rings is 1. The third kappa shape index (κ3) is 6.65. The van der Waals surface area contributed by atoms with Crippen LogP contribution in [0.5, 0.6) is 11.5 Å². The molecule has 6 heteroatoms. The number of allylic oxidation sites excluding steroid dienone is 1. The van der Waals surface area contributed by atoms with Gasteiger partial charge in [-0.15, -0.1) is 0 Å². The first-order valence-corrected chi connectivity index (χ1v) is 15.7. The predicted molar refractivity (Wildman–Crippen MR) is 156 cm³/mol. The maximum Gasteiger partial charge on any atom is 0.311 e. The van der Waals surface area contributed by atoms with Gasteiger partial charge in [0.15, 0.2) is 0 Å². The Morgan fingerprint density at radius 2 is 1.85 bits per heavy atom. The lowest BCUT2D eigenvalue weighted by molar-refractivity contribution is -0.134. The van der Waals surface area contributed by atoms with E-state index in [1.54, 1.807) is 0 Å². The third-order valence-electron chi connectivity index (χ3n) is 9.21. The molecular formula is C33H50N2O4. The van der Waals surface area contributed by atoms with Gasteiger partial charge in [0.25, 0.3) is 0 Å². The SMILES string of the molecule is CCCCCC(C)CCc1cc(OC(=O)CCCN2CCOCC2)c2c(c1)OC(C)(C)C1=C2C2CCN1CC2. The van der Waals surface area contributed by atoms with Crippen LogP contribution in [0.3, 0.4) is 0 Å². The number of nitrogens with zero attached hydrogens (tertiary/aromatic N) is 2. The summed E-state index contributed by atoms with van der Waals surface area (Å²) in [7, 11) is 0. The molecule has 216 valence electrons. The molecule has 0 aromatic heterocycles. The van der Waals surface area contributed by atoms with E-state index in [4.69, 9.17) is 14.2 Å². The van der Waals surface area contributed by atoms with Crippen molar-refractivity contribution >= 4 is 11.5 Å². The number of unbranched alkanes of at least 4 members (excludes halogenated alkanes) is 2. The number of rotatable bonds is 12. The van der Waals surface area contributed by atoms with Crippen molar-refractivity contribution in [3.63, 3.8) is 0 Å². The van der Waals surface area contributed by atoms with Crippen LogP contribution in [0.2, 0.25) is 0 Å². The fourth-order valence-electron chi connectivity index (χ4n) is 7.07. The van der Waals surface area contributed by atoms with Crippen molar-refractivity contribution in [3.8, 4) is 11.5 Å². The number of ether oxygens (including phenoxy) is 3. The normalized spacial score (nSPS) is 21.4. The summed E-state index contributed by atoms with van der Waals surface area (Å²) in [6.07, 6.45) is 10.9. The molecule has 2 saturated heterocycles. The van der Waals surface area contributed by atoms with Crippen LogP contribution in [0.15, 0.2) is 17.8 Å². The highest BCUT2D eigenvalue weighted by atomic mass is 16.5. The van der Waals surface area contributed by atoms with Crippen LogP contribution in [-0.4, -0.2) is 67.3 Å². The summed E-state index contributed by atoms with van der Waals surface area (Å²) in [5, 5.41) is 0. The van der Waals surface area contributed by atoms with E-state index in [1.807, 2.05) is 0 Å². The van der Waals surface area contributed by atoms with Gasteiger partial charge in [0.1, 0.15) is 17.1 Å². The Morgan fingerprint density at radius 3 is 2.59 bits per heavy atom. The number of hydrogen-bond donors (Lipinski definition) is 0. The van der Waals surface area contributed by atoms with Crippen LogP contribution < -0.4 is 9.47 Å². The molecule has 5 aliphatic heterocycles. The van der Waals surface area contributed by atoms with Gasteiger partial charge >= 0.3 is 5.97 Å². The lowest BCUT2D eigenvalue weighted by atomic mass is 9.74. The molecule has 0 amide bonds. The molecule has 1 aromatic carbocycles. The van der Waals surface area contributed by atoms with Crippen LogP contribution in [0.25, 0.3) is 5.57 Å². The highest BCUT2D eigenvalue weighted by Crippen LogP contribution is 2.54. The van der Waals surface area contributed by atoms with E-state index in [1.165, 1.54) is 42.5 Å². The van der Waals surface area contributed by atoms with Gasteiger partial charge in [0.05, 0.1) is 24.5 Å². The van der Waals surface area contributed by atoms with Crippen molar-refractivity contribution in [1.29, 1.82) is 0 Å². The Morgan fingerprint density at radius 1 is 1.08 bits per heavy atom. The molecule has 6 rings (SSSR count). The molecule has 0 radical (unpaired) electrons. The Kier molecular flexibility index (Phi) is 9.23. The molecule has 1 aromatic rings. The molecule has 0 N–H and O–H groups in total. The quantitative estimate of drug-likeness (QED) is 0.173. The van der Waals surface area contributed by atoms with E-state index < -0.39 is 0 Å². The average molecular weight is 539 g/mol. The molecule has 39 heavy (non-hydrogen) atoms. The van der Waals surface area contributed by atoms with Crippen molar-refractivity contribution < 1.29 is 19.0 Å². The van der Waals surface area contributed by atoms with Crippen molar-refractivity contribution in [2.75, 3.05) is 45.9 Å². The largest absolute Gasteiger partial charge is 0.481 e. The zero-order valence-electron chi connectivity index (χ0n) is 24.9. The standard InChI is InChI=1S/C33H50N2O4/c1-5-6-7-9-24(2)11-12-25-22-27(38-29(36)10-8-15-34-18-20-37-21-19-34)31-28(23-25)39-33(3,4)32-30(31)26-13-16-35(32)17-14-26/h22-24,26H,5-21H2,1-4H3. The molecule has 2 bridgehead atoms. The first-order chi connectivity index (χ1) is 18.9. The number of fused-ring (bicyclic) bond motifs is 3. The highest BCUT2D eigenvalue weighted by Gasteiger charge is 2.46. The van der Waals surface area contributed by atoms with Crippen molar-refractivity contribution in [2.45, 2.75) is 97.5 Å². The summed E-state index contributed by atoms with van der Waals surface area (Å²) in [6, 6.07) is 4.40. The first kappa shape index (κ1) is 28.5. The molecule has 0 aliphatic carbocycles. The fraction of sp³-hybridized carbons (Fsp3) is 0.727. The number of aryl methyl sites for hydroxylation is 1. The van der Waals surface area contributed by atoms with Gasteiger partial charge in [0, 0.05) is 32.6 Å². The molecule has 0 saturated carbocycles. The number of morpholine rings is 1. The molecule has 5 heterocycles. The van der Waals surface area contributed by atoms with Crippen LogP contribution in [-0.2, 0) is 16.0 Å². The minimum absolute atomic E-state index is 0.135. The summed E-state index contributed by atoms with van der Waals surface area (Å²) in [4.78, 5) is 18.1. The van der Waals surface area contributed by atoms with Crippen LogP contribution >= 0.6 is 0 Å².